The van der Waals surface area contributed by atoms with E-state index in [1.807, 2.05) is 22.9 Å². The molecule has 0 saturated carbocycles. The Morgan fingerprint density at radius 3 is 2.71 bits per heavy atom. The highest BCUT2D eigenvalue weighted by Gasteiger charge is 2.19. The van der Waals surface area contributed by atoms with Gasteiger partial charge in [-0.25, -0.2) is 4.68 Å². The summed E-state index contributed by atoms with van der Waals surface area (Å²) in [5, 5.41) is 22.5. The second-order valence-corrected chi connectivity index (χ2v) is 4.97. The number of aromatic nitrogens is 2. The van der Waals surface area contributed by atoms with E-state index >= 15 is 0 Å². The van der Waals surface area contributed by atoms with Crippen molar-refractivity contribution in [3.63, 3.8) is 0 Å². The number of nitrogens with zero attached hydrogens (tertiary/aromatic N) is 4. The highest BCUT2D eigenvalue weighted by molar-refractivity contribution is 5.64. The van der Waals surface area contributed by atoms with Crippen LogP contribution in [0, 0.1) is 22.7 Å². The Bertz CT molecular complexity index is 729. The number of hydrogen-bond donors (Lipinski definition) is 0. The molecule has 0 radical (unpaired) electrons. The van der Waals surface area contributed by atoms with E-state index in [2.05, 4.69) is 11.2 Å². The number of nitriles is 2. The lowest BCUT2D eigenvalue weighted by atomic mass is 10.0. The molecule has 1 aliphatic rings. The first-order valence-electron chi connectivity index (χ1n) is 6.93. The van der Waals surface area contributed by atoms with Crippen LogP contribution in [0.25, 0.3) is 11.3 Å². The molecule has 0 bridgehead atoms. The predicted molar refractivity (Wildman–Crippen MR) is 75.9 cm³/mol. The summed E-state index contributed by atoms with van der Waals surface area (Å²) >= 11 is 0. The van der Waals surface area contributed by atoms with Crippen LogP contribution in [0.4, 0.5) is 0 Å². The first kappa shape index (κ1) is 13.4. The maximum atomic E-state index is 9.14. The monoisotopic (exact) mass is 278 g/mol. The van der Waals surface area contributed by atoms with Gasteiger partial charge >= 0.3 is 0 Å². The second-order valence-electron chi connectivity index (χ2n) is 4.97. The lowest BCUT2D eigenvalue weighted by Gasteiger charge is -2.24. The van der Waals surface area contributed by atoms with Crippen molar-refractivity contribution in [2.75, 3.05) is 6.61 Å². The summed E-state index contributed by atoms with van der Waals surface area (Å²) in [7, 11) is 0. The van der Waals surface area contributed by atoms with E-state index in [0.29, 0.717) is 11.1 Å². The molecule has 1 atom stereocenters. The second kappa shape index (κ2) is 5.78. The van der Waals surface area contributed by atoms with Crippen LogP contribution in [0.3, 0.4) is 0 Å². The first-order chi connectivity index (χ1) is 10.3. The smallest absolute Gasteiger partial charge is 0.150 e. The Morgan fingerprint density at radius 2 is 2.00 bits per heavy atom. The highest BCUT2D eigenvalue weighted by Crippen LogP contribution is 2.29. The Kier molecular flexibility index (Phi) is 3.68. The Hall–Kier alpha value is -2.63. The van der Waals surface area contributed by atoms with Gasteiger partial charge in [0.1, 0.15) is 12.1 Å². The third-order valence-electron chi connectivity index (χ3n) is 3.65. The summed E-state index contributed by atoms with van der Waals surface area (Å²) in [5.41, 5.74) is 2.55. The molecule has 1 aromatic carbocycles. The average Bonchev–Trinajstić information content (AvgIpc) is 3.04. The minimum Gasteiger partial charge on any atom is -0.356 e. The van der Waals surface area contributed by atoms with Gasteiger partial charge in [-0.05, 0) is 37.5 Å². The molecular formula is C16H14N4O. The van der Waals surface area contributed by atoms with Crippen molar-refractivity contribution >= 4 is 0 Å². The molecule has 104 valence electrons. The SMILES string of the molecule is N#Cc1ccc(-c2ccnn2C2CCCCO2)cc1C#N. The van der Waals surface area contributed by atoms with Crippen LogP contribution in [-0.2, 0) is 4.74 Å². The van der Waals surface area contributed by atoms with Crippen molar-refractivity contribution in [1.29, 1.82) is 10.5 Å². The fraction of sp³-hybridized carbons (Fsp3) is 0.312. The normalized spacial score (nSPS) is 17.9. The summed E-state index contributed by atoms with van der Waals surface area (Å²) in [6.07, 6.45) is 4.83. The summed E-state index contributed by atoms with van der Waals surface area (Å²) in [4.78, 5) is 0. The minimum absolute atomic E-state index is 0.0510. The number of rotatable bonds is 2. The predicted octanol–water partition coefficient (Wildman–Crippen LogP) is 2.99. The zero-order valence-electron chi connectivity index (χ0n) is 11.5. The Balaban J connectivity index is 2.00. The fourth-order valence-corrected chi connectivity index (χ4v) is 2.58. The Morgan fingerprint density at radius 1 is 1.14 bits per heavy atom. The third-order valence-corrected chi connectivity index (χ3v) is 3.65. The van der Waals surface area contributed by atoms with E-state index in [-0.39, 0.29) is 6.23 Å². The molecule has 5 nitrogen and oxygen atoms in total. The first-order valence-corrected chi connectivity index (χ1v) is 6.93. The van der Waals surface area contributed by atoms with Gasteiger partial charge in [0.15, 0.2) is 6.23 Å². The van der Waals surface area contributed by atoms with Gasteiger partial charge in [-0.1, -0.05) is 6.07 Å². The van der Waals surface area contributed by atoms with Crippen LogP contribution in [0.2, 0.25) is 0 Å². The molecule has 21 heavy (non-hydrogen) atoms. The summed E-state index contributed by atoms with van der Waals surface area (Å²) < 4.78 is 7.63. The van der Waals surface area contributed by atoms with E-state index in [1.165, 1.54) is 0 Å². The van der Waals surface area contributed by atoms with Crippen molar-refractivity contribution < 1.29 is 4.74 Å². The van der Waals surface area contributed by atoms with Crippen LogP contribution in [0.1, 0.15) is 36.6 Å². The molecule has 1 aliphatic heterocycles. The molecule has 3 rings (SSSR count). The maximum absolute atomic E-state index is 9.14. The van der Waals surface area contributed by atoms with Crippen LogP contribution < -0.4 is 0 Å². The fourth-order valence-electron chi connectivity index (χ4n) is 2.58. The van der Waals surface area contributed by atoms with Gasteiger partial charge in [0, 0.05) is 18.4 Å². The zero-order valence-corrected chi connectivity index (χ0v) is 11.5. The van der Waals surface area contributed by atoms with Gasteiger partial charge in [-0.2, -0.15) is 15.6 Å². The van der Waals surface area contributed by atoms with E-state index in [0.717, 1.165) is 37.1 Å². The highest BCUT2D eigenvalue weighted by atomic mass is 16.5. The molecule has 1 aromatic heterocycles. The van der Waals surface area contributed by atoms with Crippen molar-refractivity contribution in [2.45, 2.75) is 25.5 Å². The molecule has 1 unspecified atom stereocenters. The van der Waals surface area contributed by atoms with E-state index < -0.39 is 0 Å². The molecule has 5 heteroatoms. The average molecular weight is 278 g/mol. The molecule has 0 N–H and O–H groups in total. The number of hydrogen-bond acceptors (Lipinski definition) is 4. The van der Waals surface area contributed by atoms with Crippen LogP contribution in [0.5, 0.6) is 0 Å². The van der Waals surface area contributed by atoms with Gasteiger partial charge < -0.3 is 4.74 Å². The molecule has 2 heterocycles. The topological polar surface area (TPSA) is 74.6 Å². The summed E-state index contributed by atoms with van der Waals surface area (Å²) in [6, 6.07) is 11.2. The maximum Gasteiger partial charge on any atom is 0.150 e. The van der Waals surface area contributed by atoms with Gasteiger partial charge in [0.25, 0.3) is 0 Å². The molecular weight excluding hydrogens is 264 g/mol. The van der Waals surface area contributed by atoms with Crippen LogP contribution >= 0.6 is 0 Å². The lowest BCUT2D eigenvalue weighted by Crippen LogP contribution is -2.19. The minimum atomic E-state index is -0.0510. The quantitative estimate of drug-likeness (QED) is 0.846. The van der Waals surface area contributed by atoms with E-state index in [9.17, 15) is 0 Å². The Labute approximate surface area is 123 Å². The summed E-state index contributed by atoms with van der Waals surface area (Å²) in [6.45, 7) is 0.751. The standard InChI is InChI=1S/C16H14N4O/c17-10-13-5-4-12(9-14(13)11-18)15-6-7-19-20(15)16-3-1-2-8-21-16/h4-7,9,16H,1-3,8H2. The van der Waals surface area contributed by atoms with Crippen molar-refractivity contribution in [3.8, 4) is 23.4 Å². The summed E-state index contributed by atoms with van der Waals surface area (Å²) in [5.74, 6) is 0. The lowest BCUT2D eigenvalue weighted by molar-refractivity contribution is -0.0383. The van der Waals surface area contributed by atoms with Crippen LogP contribution in [-0.4, -0.2) is 16.4 Å². The van der Waals surface area contributed by atoms with E-state index in [1.54, 1.807) is 18.3 Å². The molecule has 1 fully saturated rings. The van der Waals surface area contributed by atoms with Gasteiger partial charge in [0.05, 0.1) is 16.8 Å². The number of ether oxygens (including phenoxy) is 1. The van der Waals surface area contributed by atoms with Gasteiger partial charge in [0.2, 0.25) is 0 Å². The van der Waals surface area contributed by atoms with Crippen molar-refractivity contribution in [2.24, 2.45) is 0 Å². The van der Waals surface area contributed by atoms with Crippen LogP contribution in [0.15, 0.2) is 30.5 Å². The van der Waals surface area contributed by atoms with E-state index in [4.69, 9.17) is 15.3 Å². The molecule has 0 spiro atoms. The molecule has 0 amide bonds. The van der Waals surface area contributed by atoms with Crippen molar-refractivity contribution in [3.05, 3.63) is 41.6 Å². The zero-order chi connectivity index (χ0) is 14.7. The molecule has 1 saturated heterocycles. The largest absolute Gasteiger partial charge is 0.356 e. The third kappa shape index (κ3) is 2.52. The van der Waals surface area contributed by atoms with Gasteiger partial charge in [-0.15, -0.1) is 0 Å². The number of benzene rings is 1. The molecule has 0 aliphatic carbocycles. The molecule has 2 aromatic rings. The van der Waals surface area contributed by atoms with Crippen molar-refractivity contribution in [1.82, 2.24) is 9.78 Å². The van der Waals surface area contributed by atoms with Gasteiger partial charge in [-0.3, -0.25) is 0 Å².